The topological polar surface area (TPSA) is 116 Å². The van der Waals surface area contributed by atoms with Gasteiger partial charge in [0.1, 0.15) is 6.04 Å². The van der Waals surface area contributed by atoms with Gasteiger partial charge in [0.25, 0.3) is 11.8 Å². The van der Waals surface area contributed by atoms with Crippen molar-refractivity contribution in [3.8, 4) is 0 Å². The highest BCUT2D eigenvalue weighted by atomic mass is 16.2. The quantitative estimate of drug-likeness (QED) is 0.576. The maximum atomic E-state index is 13.1. The van der Waals surface area contributed by atoms with Crippen LogP contribution < -0.4 is 15.5 Å². The van der Waals surface area contributed by atoms with Gasteiger partial charge in [-0.2, -0.15) is 0 Å². The maximum absolute atomic E-state index is 13.1. The Bertz CT molecular complexity index is 1060. The molecule has 1 unspecified atom stereocenters. The van der Waals surface area contributed by atoms with Crippen LogP contribution in [0.4, 0.5) is 5.69 Å². The Kier molecular flexibility index (Phi) is 6.96. The van der Waals surface area contributed by atoms with E-state index in [1.54, 1.807) is 12.1 Å². The molecule has 0 bridgehead atoms. The largest absolute Gasteiger partial charge is 0.371 e. The summed E-state index contributed by atoms with van der Waals surface area (Å²) in [6.45, 7) is 8.46. The third kappa shape index (κ3) is 4.81. The molecule has 1 aromatic carbocycles. The lowest BCUT2D eigenvalue weighted by Gasteiger charge is -2.40. The van der Waals surface area contributed by atoms with Gasteiger partial charge in [0.05, 0.1) is 11.1 Å². The maximum Gasteiger partial charge on any atom is 0.262 e. The van der Waals surface area contributed by atoms with Crippen molar-refractivity contribution >= 4 is 35.2 Å². The van der Waals surface area contributed by atoms with Gasteiger partial charge in [0.2, 0.25) is 17.7 Å². The second-order valence-corrected chi connectivity index (χ2v) is 10.2. The van der Waals surface area contributed by atoms with Gasteiger partial charge in [-0.15, -0.1) is 0 Å². The number of hydrogen-bond acceptors (Lipinski definition) is 6. The lowest BCUT2D eigenvalue weighted by Crippen LogP contribution is -2.54. The number of piperidine rings is 2. The summed E-state index contributed by atoms with van der Waals surface area (Å²) >= 11 is 0. The zero-order chi connectivity index (χ0) is 25.3. The molecule has 1 atom stereocenters. The minimum Gasteiger partial charge on any atom is -0.371 e. The first-order valence-electron chi connectivity index (χ1n) is 12.6. The minimum atomic E-state index is -0.963. The molecule has 9 nitrogen and oxygen atoms in total. The molecule has 0 aromatic heterocycles. The molecule has 3 aliphatic heterocycles. The van der Waals surface area contributed by atoms with E-state index in [0.717, 1.165) is 49.4 Å². The van der Waals surface area contributed by atoms with E-state index >= 15 is 0 Å². The van der Waals surface area contributed by atoms with Crippen LogP contribution in [-0.4, -0.2) is 60.1 Å². The first-order valence-corrected chi connectivity index (χ1v) is 12.6. The highest BCUT2D eigenvalue weighted by molar-refractivity contribution is 6.23. The molecule has 1 aromatic rings. The highest BCUT2D eigenvalue weighted by Crippen LogP contribution is 2.35. The van der Waals surface area contributed by atoms with Crippen LogP contribution in [0.3, 0.4) is 0 Å². The average Bonchev–Trinajstić information content (AvgIpc) is 3.09. The Labute approximate surface area is 205 Å². The summed E-state index contributed by atoms with van der Waals surface area (Å²) in [6.07, 6.45) is 3.70. The monoisotopic (exact) mass is 482 g/mol. The Morgan fingerprint density at radius 3 is 2.37 bits per heavy atom. The average molecular weight is 483 g/mol. The highest BCUT2D eigenvalue weighted by Gasteiger charge is 2.45. The fourth-order valence-electron chi connectivity index (χ4n) is 5.24. The number of carbonyl (C=O) groups is 5. The van der Waals surface area contributed by atoms with E-state index in [9.17, 15) is 24.0 Å². The minimum absolute atomic E-state index is 0.00326. The predicted molar refractivity (Wildman–Crippen MR) is 130 cm³/mol. The summed E-state index contributed by atoms with van der Waals surface area (Å²) in [4.78, 5) is 65.3. The Hall–Kier alpha value is -3.23. The van der Waals surface area contributed by atoms with Crippen molar-refractivity contribution in [2.24, 2.45) is 11.3 Å². The van der Waals surface area contributed by atoms with E-state index in [1.807, 2.05) is 19.9 Å². The first kappa shape index (κ1) is 24.9. The number of carbonyl (C=O) groups excluding carboxylic acids is 5. The van der Waals surface area contributed by atoms with Gasteiger partial charge < -0.3 is 10.2 Å². The summed E-state index contributed by atoms with van der Waals surface area (Å²) in [7, 11) is 0. The van der Waals surface area contributed by atoms with Gasteiger partial charge in [0, 0.05) is 37.7 Å². The lowest BCUT2D eigenvalue weighted by molar-refractivity contribution is -0.136. The Morgan fingerprint density at radius 1 is 1.09 bits per heavy atom. The van der Waals surface area contributed by atoms with Crippen LogP contribution in [-0.2, 0) is 14.4 Å². The van der Waals surface area contributed by atoms with E-state index in [2.05, 4.69) is 22.5 Å². The molecule has 2 fully saturated rings. The number of anilines is 1. The van der Waals surface area contributed by atoms with Crippen molar-refractivity contribution in [1.29, 1.82) is 0 Å². The van der Waals surface area contributed by atoms with Crippen molar-refractivity contribution in [2.45, 2.75) is 65.3 Å². The number of rotatable bonds is 7. The summed E-state index contributed by atoms with van der Waals surface area (Å²) < 4.78 is 0. The van der Waals surface area contributed by atoms with Crippen molar-refractivity contribution in [3.63, 3.8) is 0 Å². The van der Waals surface area contributed by atoms with Crippen molar-refractivity contribution in [3.05, 3.63) is 29.3 Å². The first-order chi connectivity index (χ1) is 16.7. The molecule has 3 heterocycles. The van der Waals surface area contributed by atoms with E-state index in [0.29, 0.717) is 12.1 Å². The number of fused-ring (bicyclic) bond motifs is 1. The molecule has 4 rings (SSSR count). The van der Waals surface area contributed by atoms with Crippen LogP contribution in [0.1, 0.15) is 80.0 Å². The number of imide groups is 2. The Balaban J connectivity index is 1.41. The molecular formula is C26H34N4O5. The third-order valence-corrected chi connectivity index (χ3v) is 7.80. The standard InChI is InChI=1S/C26H34N4O5/c1-4-16(5-2)22(32)27-15-26(3)10-12-29(13-11-26)17-6-7-18-19(14-17)25(35)30(24(18)34)20-8-9-21(31)28-23(20)33/h6-7,14,16,20H,4-5,8-13,15H2,1-3H3,(H,27,32)(H,28,31,33). The summed E-state index contributed by atoms with van der Waals surface area (Å²) in [5, 5.41) is 5.35. The van der Waals surface area contributed by atoms with Gasteiger partial charge in [0.15, 0.2) is 0 Å². The van der Waals surface area contributed by atoms with Gasteiger partial charge >= 0.3 is 0 Å². The van der Waals surface area contributed by atoms with Crippen LogP contribution in [0.5, 0.6) is 0 Å². The second kappa shape index (κ2) is 9.79. The molecular weight excluding hydrogens is 448 g/mol. The van der Waals surface area contributed by atoms with Crippen LogP contribution in [0.15, 0.2) is 18.2 Å². The molecule has 9 heteroatoms. The van der Waals surface area contributed by atoms with Gasteiger partial charge in [-0.25, -0.2) is 0 Å². The van der Waals surface area contributed by atoms with Crippen molar-refractivity contribution in [2.75, 3.05) is 24.5 Å². The van der Waals surface area contributed by atoms with Crippen LogP contribution in [0.2, 0.25) is 0 Å². The molecule has 2 saturated heterocycles. The van der Waals surface area contributed by atoms with Gasteiger partial charge in [-0.3, -0.25) is 34.2 Å². The third-order valence-electron chi connectivity index (χ3n) is 7.80. The number of nitrogens with zero attached hydrogens (tertiary/aromatic N) is 2. The van der Waals surface area contributed by atoms with E-state index in [1.165, 1.54) is 0 Å². The number of nitrogens with one attached hydrogen (secondary N) is 2. The van der Waals surface area contributed by atoms with Crippen molar-refractivity contribution < 1.29 is 24.0 Å². The summed E-state index contributed by atoms with van der Waals surface area (Å²) in [6, 6.07) is 4.27. The zero-order valence-electron chi connectivity index (χ0n) is 20.7. The van der Waals surface area contributed by atoms with Gasteiger partial charge in [-0.1, -0.05) is 20.8 Å². The number of amides is 5. The van der Waals surface area contributed by atoms with Crippen LogP contribution in [0.25, 0.3) is 0 Å². The smallest absolute Gasteiger partial charge is 0.262 e. The molecule has 0 spiro atoms. The van der Waals surface area contributed by atoms with Crippen molar-refractivity contribution in [1.82, 2.24) is 15.5 Å². The molecule has 5 amide bonds. The fourth-order valence-corrected chi connectivity index (χ4v) is 5.24. The molecule has 2 N–H and O–H groups in total. The lowest BCUT2D eigenvalue weighted by atomic mass is 9.80. The zero-order valence-corrected chi connectivity index (χ0v) is 20.7. The molecule has 3 aliphatic rings. The van der Waals surface area contributed by atoms with E-state index in [-0.39, 0.29) is 35.6 Å². The predicted octanol–water partition coefficient (Wildman–Crippen LogP) is 2.25. The Morgan fingerprint density at radius 2 is 1.74 bits per heavy atom. The summed E-state index contributed by atoms with van der Waals surface area (Å²) in [5.41, 5.74) is 1.44. The van der Waals surface area contributed by atoms with Gasteiger partial charge in [-0.05, 0) is 55.7 Å². The van der Waals surface area contributed by atoms with Crippen LogP contribution in [0, 0.1) is 11.3 Å². The fraction of sp³-hybridized carbons (Fsp3) is 0.577. The number of benzene rings is 1. The molecule has 0 radical (unpaired) electrons. The summed E-state index contributed by atoms with van der Waals surface area (Å²) in [5.74, 6) is -1.80. The van der Waals surface area contributed by atoms with E-state index < -0.39 is 29.7 Å². The normalized spacial score (nSPS) is 21.9. The SMILES string of the molecule is CCC(CC)C(=O)NCC1(C)CCN(c2ccc3c(c2)C(=O)N(C2CCC(=O)NC2=O)C3=O)CC1. The molecule has 0 saturated carbocycles. The molecule has 35 heavy (non-hydrogen) atoms. The molecule has 188 valence electrons. The second-order valence-electron chi connectivity index (χ2n) is 10.2. The van der Waals surface area contributed by atoms with Crippen LogP contribution >= 0.6 is 0 Å². The molecule has 0 aliphatic carbocycles. The number of hydrogen-bond donors (Lipinski definition) is 2. The van der Waals surface area contributed by atoms with E-state index in [4.69, 9.17) is 0 Å².